The van der Waals surface area contributed by atoms with Crippen LogP contribution in [-0.2, 0) is 9.47 Å². The van der Waals surface area contributed by atoms with Crippen LogP contribution in [0.2, 0.25) is 0 Å². The van der Waals surface area contributed by atoms with Crippen molar-refractivity contribution in [2.24, 2.45) is 17.8 Å². The largest absolute Gasteiger partial charge is 0.490 e. The first-order valence-electron chi connectivity index (χ1n) is 10.4. The molecule has 1 aliphatic carbocycles. The highest BCUT2D eigenvalue weighted by Crippen LogP contribution is 2.32. The van der Waals surface area contributed by atoms with Crippen LogP contribution in [0.5, 0.6) is 5.75 Å². The van der Waals surface area contributed by atoms with Gasteiger partial charge in [-0.05, 0) is 49.7 Å². The van der Waals surface area contributed by atoms with Gasteiger partial charge in [0, 0.05) is 11.5 Å². The zero-order valence-electron chi connectivity index (χ0n) is 16.4. The Hall–Kier alpha value is -1.32. The first-order chi connectivity index (χ1) is 12.7. The highest BCUT2D eigenvalue weighted by atomic mass is 16.7. The molecule has 3 heteroatoms. The molecule has 1 saturated carbocycles. The zero-order valence-corrected chi connectivity index (χ0v) is 16.4. The van der Waals surface area contributed by atoms with Gasteiger partial charge in [-0.2, -0.15) is 0 Å². The van der Waals surface area contributed by atoms with E-state index in [0.717, 1.165) is 36.4 Å². The topological polar surface area (TPSA) is 27.7 Å². The quantitative estimate of drug-likeness (QED) is 0.567. The molecule has 144 valence electrons. The van der Waals surface area contributed by atoms with Gasteiger partial charge in [0.25, 0.3) is 0 Å². The van der Waals surface area contributed by atoms with Gasteiger partial charge in [-0.3, -0.25) is 0 Å². The molecule has 0 radical (unpaired) electrons. The molecule has 0 atom stereocenters. The molecule has 2 fully saturated rings. The minimum atomic E-state index is -0.233. The van der Waals surface area contributed by atoms with Gasteiger partial charge in [0.1, 0.15) is 12.4 Å². The summed E-state index contributed by atoms with van der Waals surface area (Å²) in [6.45, 7) is 6.59. The Morgan fingerprint density at radius 2 is 1.73 bits per heavy atom. The highest BCUT2D eigenvalue weighted by molar-refractivity contribution is 5.28. The fourth-order valence-electron chi connectivity index (χ4n) is 3.98. The van der Waals surface area contributed by atoms with Crippen molar-refractivity contribution in [2.45, 2.75) is 58.7 Å². The number of hydrogen-bond donors (Lipinski definition) is 0. The van der Waals surface area contributed by atoms with Gasteiger partial charge in [-0.1, -0.05) is 51.0 Å². The first-order valence-corrected chi connectivity index (χ1v) is 10.4. The lowest BCUT2D eigenvalue weighted by molar-refractivity contribution is -0.202. The molecule has 1 aliphatic heterocycles. The molecule has 0 N–H and O–H groups in total. The number of hydrogen-bond acceptors (Lipinski definition) is 3. The van der Waals surface area contributed by atoms with Crippen LogP contribution in [0, 0.1) is 17.8 Å². The SMILES string of the molecule is CCC[C@H]1CC[C@H](C=CCOc2ccc([C@H]3OC[C@H](C)CO3)cc2)CC1. The predicted octanol–water partition coefficient (Wildman–Crippen LogP) is 5.91. The number of benzene rings is 1. The van der Waals surface area contributed by atoms with E-state index >= 15 is 0 Å². The molecule has 0 aromatic heterocycles. The lowest BCUT2D eigenvalue weighted by atomic mass is 9.80. The molecule has 0 amide bonds. The summed E-state index contributed by atoms with van der Waals surface area (Å²) in [5.74, 6) is 3.09. The van der Waals surface area contributed by atoms with Crippen molar-refractivity contribution < 1.29 is 14.2 Å². The van der Waals surface area contributed by atoms with Crippen LogP contribution in [0.15, 0.2) is 36.4 Å². The summed E-state index contributed by atoms with van der Waals surface area (Å²) in [4.78, 5) is 0. The summed E-state index contributed by atoms with van der Waals surface area (Å²) in [6, 6.07) is 8.08. The molecule has 3 nitrogen and oxygen atoms in total. The Bertz CT molecular complexity index is 535. The molecule has 1 aromatic carbocycles. The summed E-state index contributed by atoms with van der Waals surface area (Å²) >= 11 is 0. The maximum absolute atomic E-state index is 5.85. The molecule has 1 aromatic rings. The van der Waals surface area contributed by atoms with Crippen LogP contribution in [0.25, 0.3) is 0 Å². The van der Waals surface area contributed by atoms with E-state index in [1.807, 2.05) is 24.3 Å². The molecule has 1 saturated heterocycles. The number of allylic oxidation sites excluding steroid dienone is 1. The lowest BCUT2D eigenvalue weighted by Crippen LogP contribution is -2.24. The van der Waals surface area contributed by atoms with E-state index in [2.05, 4.69) is 26.0 Å². The second kappa shape index (κ2) is 10.1. The molecule has 1 heterocycles. The van der Waals surface area contributed by atoms with Crippen molar-refractivity contribution >= 4 is 0 Å². The van der Waals surface area contributed by atoms with E-state index in [-0.39, 0.29) is 6.29 Å². The van der Waals surface area contributed by atoms with E-state index in [0.29, 0.717) is 12.5 Å². The van der Waals surface area contributed by atoms with Crippen molar-refractivity contribution in [3.05, 3.63) is 42.0 Å². The van der Waals surface area contributed by atoms with Crippen LogP contribution in [-0.4, -0.2) is 19.8 Å². The minimum Gasteiger partial charge on any atom is -0.490 e. The van der Waals surface area contributed by atoms with Gasteiger partial charge in [0.2, 0.25) is 0 Å². The van der Waals surface area contributed by atoms with Crippen LogP contribution in [0.3, 0.4) is 0 Å². The van der Waals surface area contributed by atoms with Crippen LogP contribution in [0.4, 0.5) is 0 Å². The Labute approximate surface area is 158 Å². The maximum atomic E-state index is 5.85. The smallest absolute Gasteiger partial charge is 0.183 e. The summed E-state index contributed by atoms with van der Waals surface area (Å²) in [5.41, 5.74) is 1.06. The van der Waals surface area contributed by atoms with Crippen LogP contribution < -0.4 is 4.74 Å². The van der Waals surface area contributed by atoms with Gasteiger partial charge < -0.3 is 14.2 Å². The molecule has 0 bridgehead atoms. The third-order valence-corrected chi connectivity index (χ3v) is 5.56. The lowest BCUT2D eigenvalue weighted by Gasteiger charge is -2.27. The fourth-order valence-corrected chi connectivity index (χ4v) is 3.98. The monoisotopic (exact) mass is 358 g/mol. The third-order valence-electron chi connectivity index (χ3n) is 5.56. The fraction of sp³-hybridized carbons (Fsp3) is 0.652. The zero-order chi connectivity index (χ0) is 18.2. The Balaban J connectivity index is 1.37. The van der Waals surface area contributed by atoms with Gasteiger partial charge in [-0.25, -0.2) is 0 Å². The summed E-state index contributed by atoms with van der Waals surface area (Å²) in [6.07, 6.45) is 12.5. The highest BCUT2D eigenvalue weighted by Gasteiger charge is 2.21. The predicted molar refractivity (Wildman–Crippen MR) is 105 cm³/mol. The molecular weight excluding hydrogens is 324 g/mol. The second-order valence-electron chi connectivity index (χ2n) is 7.98. The normalized spacial score (nSPS) is 29.8. The minimum absolute atomic E-state index is 0.233. The van der Waals surface area contributed by atoms with Gasteiger partial charge in [0.15, 0.2) is 6.29 Å². The average molecular weight is 359 g/mol. The molecule has 3 rings (SSSR count). The number of ether oxygens (including phenoxy) is 3. The molecular formula is C23H34O3. The summed E-state index contributed by atoms with van der Waals surface area (Å²) in [7, 11) is 0. The van der Waals surface area contributed by atoms with Gasteiger partial charge in [0.05, 0.1) is 13.2 Å². The first kappa shape index (κ1) is 19.4. The van der Waals surface area contributed by atoms with E-state index < -0.39 is 0 Å². The van der Waals surface area contributed by atoms with Gasteiger partial charge in [-0.15, -0.1) is 0 Å². The maximum Gasteiger partial charge on any atom is 0.183 e. The summed E-state index contributed by atoms with van der Waals surface area (Å²) in [5, 5.41) is 0. The molecule has 0 unspecified atom stereocenters. The van der Waals surface area contributed by atoms with E-state index in [9.17, 15) is 0 Å². The molecule has 2 aliphatic rings. The van der Waals surface area contributed by atoms with Gasteiger partial charge >= 0.3 is 0 Å². The standard InChI is InChI=1S/C23H34O3/c1-3-5-19-7-9-20(10-8-19)6-4-15-24-22-13-11-21(12-14-22)23-25-16-18(2)17-26-23/h4,6,11-14,18-20,23H,3,5,7-10,15-17H2,1-2H3/t18-,19-,20-,23-. The third kappa shape index (κ3) is 5.85. The average Bonchev–Trinajstić information content (AvgIpc) is 2.68. The van der Waals surface area contributed by atoms with Crippen molar-refractivity contribution in [3.8, 4) is 5.75 Å². The Morgan fingerprint density at radius 3 is 2.38 bits per heavy atom. The van der Waals surface area contributed by atoms with Crippen molar-refractivity contribution in [3.63, 3.8) is 0 Å². The summed E-state index contributed by atoms with van der Waals surface area (Å²) < 4.78 is 17.3. The van der Waals surface area contributed by atoms with Crippen molar-refractivity contribution in [1.82, 2.24) is 0 Å². The second-order valence-corrected chi connectivity index (χ2v) is 7.98. The van der Waals surface area contributed by atoms with Crippen molar-refractivity contribution in [2.75, 3.05) is 19.8 Å². The van der Waals surface area contributed by atoms with Crippen LogP contribution >= 0.6 is 0 Å². The van der Waals surface area contributed by atoms with Crippen molar-refractivity contribution in [1.29, 1.82) is 0 Å². The van der Waals surface area contributed by atoms with E-state index in [4.69, 9.17) is 14.2 Å². The van der Waals surface area contributed by atoms with E-state index in [1.165, 1.54) is 38.5 Å². The van der Waals surface area contributed by atoms with Crippen LogP contribution in [0.1, 0.15) is 64.2 Å². The van der Waals surface area contributed by atoms with E-state index in [1.54, 1.807) is 0 Å². The Morgan fingerprint density at radius 1 is 1.04 bits per heavy atom. The Kier molecular flexibility index (Phi) is 7.57. The number of rotatable bonds is 7. The molecule has 0 spiro atoms. The molecule has 26 heavy (non-hydrogen) atoms.